The molecule has 17 heavy (non-hydrogen) atoms. The van der Waals surface area contributed by atoms with Crippen molar-refractivity contribution in [2.45, 2.75) is 25.7 Å². The second-order valence-corrected chi connectivity index (χ2v) is 3.91. The highest BCUT2D eigenvalue weighted by Crippen LogP contribution is 2.06. The maximum absolute atomic E-state index is 12.6. The van der Waals surface area contributed by atoms with Gasteiger partial charge in [0.2, 0.25) is 5.91 Å². The summed E-state index contributed by atoms with van der Waals surface area (Å²) in [6.45, 7) is 0.613. The van der Waals surface area contributed by atoms with Gasteiger partial charge in [-0.25, -0.2) is 4.39 Å². The molecule has 2 N–H and O–H groups in total. The third kappa shape index (κ3) is 6.02. The predicted molar refractivity (Wildman–Crippen MR) is 64.1 cm³/mol. The van der Waals surface area contributed by atoms with Crippen molar-refractivity contribution in [1.82, 2.24) is 5.32 Å². The minimum absolute atomic E-state index is 0.000520. The largest absolute Gasteiger partial charge is 0.396 e. The summed E-state index contributed by atoms with van der Waals surface area (Å²) in [5.74, 6) is -0.240. The van der Waals surface area contributed by atoms with Crippen LogP contribution in [0.5, 0.6) is 0 Å². The molecule has 0 heterocycles. The summed E-state index contributed by atoms with van der Waals surface area (Å²) >= 11 is 0. The average molecular weight is 239 g/mol. The quantitative estimate of drug-likeness (QED) is 0.711. The van der Waals surface area contributed by atoms with Gasteiger partial charge in [-0.05, 0) is 37.0 Å². The van der Waals surface area contributed by atoms with E-state index in [1.54, 1.807) is 12.1 Å². The second-order valence-electron chi connectivity index (χ2n) is 3.91. The molecule has 0 spiro atoms. The van der Waals surface area contributed by atoms with Crippen molar-refractivity contribution < 1.29 is 14.3 Å². The fourth-order valence-electron chi connectivity index (χ4n) is 1.50. The van der Waals surface area contributed by atoms with E-state index in [9.17, 15) is 9.18 Å². The van der Waals surface area contributed by atoms with Gasteiger partial charge in [0.15, 0.2) is 0 Å². The average Bonchev–Trinajstić information content (AvgIpc) is 2.32. The van der Waals surface area contributed by atoms with Crippen molar-refractivity contribution in [3.8, 4) is 0 Å². The van der Waals surface area contributed by atoms with Crippen molar-refractivity contribution in [2.24, 2.45) is 0 Å². The number of halogens is 1. The van der Waals surface area contributed by atoms with Crippen LogP contribution in [-0.2, 0) is 11.2 Å². The molecule has 94 valence electrons. The van der Waals surface area contributed by atoms with Crippen LogP contribution in [0.2, 0.25) is 0 Å². The molecule has 0 radical (unpaired) electrons. The molecular formula is C13H18FNO2. The molecule has 0 aliphatic heterocycles. The minimum Gasteiger partial charge on any atom is -0.396 e. The molecule has 0 fully saturated rings. The third-order valence-corrected chi connectivity index (χ3v) is 2.44. The Hall–Kier alpha value is -1.42. The first-order valence-electron chi connectivity index (χ1n) is 5.84. The lowest BCUT2D eigenvalue weighted by Crippen LogP contribution is -2.24. The predicted octanol–water partition coefficient (Wildman–Crippen LogP) is 1.65. The van der Waals surface area contributed by atoms with Crippen LogP contribution in [0.25, 0.3) is 0 Å². The molecule has 0 saturated heterocycles. The fraction of sp³-hybridized carbons (Fsp3) is 0.462. The molecule has 0 bridgehead atoms. The summed E-state index contributed by atoms with van der Waals surface area (Å²) in [6.07, 6.45) is 2.57. The number of aliphatic hydroxyl groups is 1. The van der Waals surface area contributed by atoms with Crippen LogP contribution in [0.1, 0.15) is 24.8 Å². The van der Waals surface area contributed by atoms with E-state index in [1.807, 2.05) is 0 Å². The Morgan fingerprint density at radius 2 is 1.94 bits per heavy atom. The number of amides is 1. The molecule has 0 aliphatic carbocycles. The summed E-state index contributed by atoms with van der Waals surface area (Å²) in [5.41, 5.74) is 1.04. The van der Waals surface area contributed by atoms with Crippen LogP contribution < -0.4 is 5.32 Å². The molecule has 0 saturated carbocycles. The van der Waals surface area contributed by atoms with Gasteiger partial charge in [0, 0.05) is 19.6 Å². The Morgan fingerprint density at radius 1 is 1.24 bits per heavy atom. The first-order chi connectivity index (χ1) is 8.22. The molecule has 1 aromatic rings. The molecule has 1 amide bonds. The van der Waals surface area contributed by atoms with E-state index in [4.69, 9.17) is 5.11 Å². The normalized spacial score (nSPS) is 10.2. The van der Waals surface area contributed by atoms with Crippen molar-refractivity contribution in [3.05, 3.63) is 35.6 Å². The SMILES string of the molecule is O=C(CCCc1ccc(F)cc1)NCCCO. The van der Waals surface area contributed by atoms with E-state index in [0.29, 0.717) is 19.4 Å². The maximum Gasteiger partial charge on any atom is 0.220 e. The van der Waals surface area contributed by atoms with Crippen LogP contribution in [0.15, 0.2) is 24.3 Å². The number of hydrogen-bond donors (Lipinski definition) is 2. The molecule has 3 nitrogen and oxygen atoms in total. The molecule has 1 rings (SSSR count). The Balaban J connectivity index is 2.14. The van der Waals surface area contributed by atoms with E-state index >= 15 is 0 Å². The van der Waals surface area contributed by atoms with Gasteiger partial charge in [-0.2, -0.15) is 0 Å². The molecule has 4 heteroatoms. The van der Waals surface area contributed by atoms with Crippen LogP contribution in [0, 0.1) is 5.82 Å². The molecule has 0 unspecified atom stereocenters. The van der Waals surface area contributed by atoms with E-state index in [0.717, 1.165) is 18.4 Å². The Morgan fingerprint density at radius 3 is 2.59 bits per heavy atom. The van der Waals surface area contributed by atoms with Crippen LogP contribution >= 0.6 is 0 Å². The standard InChI is InChI=1S/C13H18FNO2/c14-12-7-5-11(6-8-12)3-1-4-13(17)15-9-2-10-16/h5-8,16H,1-4,9-10H2,(H,15,17). The van der Waals surface area contributed by atoms with E-state index < -0.39 is 0 Å². The topological polar surface area (TPSA) is 49.3 Å². The summed E-state index contributed by atoms with van der Waals surface area (Å²) < 4.78 is 12.6. The van der Waals surface area contributed by atoms with Gasteiger partial charge in [0.25, 0.3) is 0 Å². The lowest BCUT2D eigenvalue weighted by atomic mass is 10.1. The van der Waals surface area contributed by atoms with E-state index in [2.05, 4.69) is 5.32 Å². The second kappa shape index (κ2) is 7.79. The Bertz CT molecular complexity index is 338. The number of nitrogens with one attached hydrogen (secondary N) is 1. The zero-order chi connectivity index (χ0) is 12.5. The van der Waals surface area contributed by atoms with Crippen molar-refractivity contribution in [1.29, 1.82) is 0 Å². The zero-order valence-electron chi connectivity index (χ0n) is 9.79. The molecule has 1 aromatic carbocycles. The highest BCUT2D eigenvalue weighted by Gasteiger charge is 2.01. The number of aryl methyl sites for hydroxylation is 1. The maximum atomic E-state index is 12.6. The van der Waals surface area contributed by atoms with Crippen molar-refractivity contribution >= 4 is 5.91 Å². The number of aliphatic hydroxyl groups excluding tert-OH is 1. The van der Waals surface area contributed by atoms with Crippen molar-refractivity contribution in [2.75, 3.05) is 13.2 Å². The molecular weight excluding hydrogens is 221 g/mol. The summed E-state index contributed by atoms with van der Waals surface area (Å²) in [6, 6.07) is 6.32. The lowest BCUT2D eigenvalue weighted by molar-refractivity contribution is -0.121. The highest BCUT2D eigenvalue weighted by atomic mass is 19.1. The van der Waals surface area contributed by atoms with Gasteiger partial charge >= 0.3 is 0 Å². The molecule has 0 aliphatic rings. The van der Waals surface area contributed by atoms with Gasteiger partial charge in [0.1, 0.15) is 5.82 Å². The van der Waals surface area contributed by atoms with Crippen LogP contribution in [0.3, 0.4) is 0 Å². The number of benzene rings is 1. The van der Waals surface area contributed by atoms with E-state index in [-0.39, 0.29) is 18.3 Å². The minimum atomic E-state index is -0.240. The molecule has 0 atom stereocenters. The summed E-state index contributed by atoms with van der Waals surface area (Å²) in [4.78, 5) is 11.3. The summed E-state index contributed by atoms with van der Waals surface area (Å²) in [7, 11) is 0. The first kappa shape index (κ1) is 13.6. The number of carbonyl (C=O) groups is 1. The third-order valence-electron chi connectivity index (χ3n) is 2.44. The van der Waals surface area contributed by atoms with Crippen molar-refractivity contribution in [3.63, 3.8) is 0 Å². The number of rotatable bonds is 7. The first-order valence-corrected chi connectivity index (χ1v) is 5.84. The number of carbonyl (C=O) groups excluding carboxylic acids is 1. The Labute approximate surface area is 101 Å². The van der Waals surface area contributed by atoms with Crippen LogP contribution in [-0.4, -0.2) is 24.2 Å². The van der Waals surface area contributed by atoms with Gasteiger partial charge in [-0.15, -0.1) is 0 Å². The monoisotopic (exact) mass is 239 g/mol. The van der Waals surface area contributed by atoms with Gasteiger partial charge < -0.3 is 10.4 Å². The van der Waals surface area contributed by atoms with Gasteiger partial charge in [0.05, 0.1) is 0 Å². The van der Waals surface area contributed by atoms with E-state index in [1.165, 1.54) is 12.1 Å². The Kier molecular flexibility index (Phi) is 6.25. The highest BCUT2D eigenvalue weighted by molar-refractivity contribution is 5.75. The lowest BCUT2D eigenvalue weighted by Gasteiger charge is -2.04. The van der Waals surface area contributed by atoms with Gasteiger partial charge in [-0.1, -0.05) is 12.1 Å². The smallest absolute Gasteiger partial charge is 0.220 e. The van der Waals surface area contributed by atoms with Crippen LogP contribution in [0.4, 0.5) is 4.39 Å². The number of hydrogen-bond acceptors (Lipinski definition) is 2. The zero-order valence-corrected chi connectivity index (χ0v) is 9.79. The summed E-state index contributed by atoms with van der Waals surface area (Å²) in [5, 5.41) is 11.3. The fourth-order valence-corrected chi connectivity index (χ4v) is 1.50. The van der Waals surface area contributed by atoms with Gasteiger partial charge in [-0.3, -0.25) is 4.79 Å². The molecule has 0 aromatic heterocycles.